The van der Waals surface area contributed by atoms with E-state index in [2.05, 4.69) is 0 Å². The van der Waals surface area contributed by atoms with Crippen molar-refractivity contribution in [2.75, 3.05) is 11.4 Å². The number of hydrogen-bond acceptors (Lipinski definition) is 5. The van der Waals surface area contributed by atoms with Crippen molar-refractivity contribution < 1.29 is 19.3 Å². The van der Waals surface area contributed by atoms with Gasteiger partial charge in [0.05, 0.1) is 17.0 Å². The van der Waals surface area contributed by atoms with E-state index in [0.29, 0.717) is 12.1 Å². The van der Waals surface area contributed by atoms with Gasteiger partial charge in [-0.15, -0.1) is 0 Å². The van der Waals surface area contributed by atoms with Crippen molar-refractivity contribution in [2.45, 2.75) is 25.8 Å². The maximum atomic E-state index is 13.4. The Kier molecular flexibility index (Phi) is 6.49. The van der Waals surface area contributed by atoms with Crippen molar-refractivity contribution in [1.29, 1.82) is 0 Å². The van der Waals surface area contributed by atoms with Crippen LogP contribution in [-0.4, -0.2) is 40.1 Å². The minimum atomic E-state index is -0.958. The van der Waals surface area contributed by atoms with Gasteiger partial charge in [0.15, 0.2) is 0 Å². The number of carbonyl (C=O) groups is 3. The molecule has 172 valence electrons. The number of amides is 3. The fourth-order valence-electron chi connectivity index (χ4n) is 4.01. The summed E-state index contributed by atoms with van der Waals surface area (Å²) in [5.41, 5.74) is 2.53. The Labute approximate surface area is 196 Å². The maximum Gasteiger partial charge on any atom is 0.269 e. The summed E-state index contributed by atoms with van der Waals surface area (Å²) in [6, 6.07) is 20.9. The van der Waals surface area contributed by atoms with E-state index in [0.717, 1.165) is 16.0 Å². The molecule has 3 amide bonds. The van der Waals surface area contributed by atoms with Crippen LogP contribution in [0.4, 0.5) is 11.4 Å². The molecule has 0 N–H and O–H groups in total. The predicted molar refractivity (Wildman–Crippen MR) is 126 cm³/mol. The lowest BCUT2D eigenvalue weighted by molar-refractivity contribution is -0.384. The van der Waals surface area contributed by atoms with Crippen molar-refractivity contribution in [1.82, 2.24) is 4.90 Å². The highest BCUT2D eigenvalue weighted by Crippen LogP contribution is 2.27. The first-order chi connectivity index (χ1) is 16.3. The zero-order valence-electron chi connectivity index (χ0n) is 18.6. The third-order valence-electron chi connectivity index (χ3n) is 5.86. The topological polar surface area (TPSA) is 101 Å². The van der Waals surface area contributed by atoms with Gasteiger partial charge in [0.2, 0.25) is 5.91 Å². The Morgan fingerprint density at radius 1 is 1.00 bits per heavy atom. The van der Waals surface area contributed by atoms with Crippen molar-refractivity contribution in [2.24, 2.45) is 0 Å². The van der Waals surface area contributed by atoms with E-state index in [1.807, 2.05) is 49.4 Å². The largest absolute Gasteiger partial charge is 0.326 e. The van der Waals surface area contributed by atoms with Gasteiger partial charge in [-0.25, -0.2) is 4.90 Å². The van der Waals surface area contributed by atoms with Crippen LogP contribution in [0.2, 0.25) is 0 Å². The number of non-ortho nitro benzene ring substituents is 1. The molecule has 0 bridgehead atoms. The Morgan fingerprint density at radius 2 is 1.65 bits per heavy atom. The molecule has 0 saturated carbocycles. The summed E-state index contributed by atoms with van der Waals surface area (Å²) in [7, 11) is 0. The Bertz CT molecular complexity index is 1220. The van der Waals surface area contributed by atoms with Crippen LogP contribution in [0.3, 0.4) is 0 Å². The highest BCUT2D eigenvalue weighted by atomic mass is 16.6. The van der Waals surface area contributed by atoms with Gasteiger partial charge in [0.1, 0.15) is 6.04 Å². The minimum absolute atomic E-state index is 0.125. The van der Waals surface area contributed by atoms with E-state index in [-0.39, 0.29) is 30.1 Å². The summed E-state index contributed by atoms with van der Waals surface area (Å²) < 4.78 is 0. The van der Waals surface area contributed by atoms with Crippen LogP contribution in [0.1, 0.15) is 27.9 Å². The fraction of sp³-hybridized carbons (Fsp3) is 0.192. The Balaban J connectivity index is 1.63. The third kappa shape index (κ3) is 4.71. The quantitative estimate of drug-likeness (QED) is 0.304. The minimum Gasteiger partial charge on any atom is -0.326 e. The number of aryl methyl sites for hydroxylation is 1. The van der Waals surface area contributed by atoms with E-state index in [4.69, 9.17) is 0 Å². The average molecular weight is 457 g/mol. The van der Waals surface area contributed by atoms with Gasteiger partial charge in [0.25, 0.3) is 17.5 Å². The van der Waals surface area contributed by atoms with Gasteiger partial charge in [-0.2, -0.15) is 0 Å². The molecule has 1 heterocycles. The number of imide groups is 1. The zero-order valence-corrected chi connectivity index (χ0v) is 18.6. The van der Waals surface area contributed by atoms with Crippen LogP contribution in [-0.2, 0) is 16.0 Å². The second-order valence-corrected chi connectivity index (χ2v) is 8.16. The monoisotopic (exact) mass is 457 g/mol. The highest BCUT2D eigenvalue weighted by Gasteiger charge is 2.44. The van der Waals surface area contributed by atoms with E-state index >= 15 is 0 Å². The molecule has 4 rings (SSSR count). The van der Waals surface area contributed by atoms with Crippen molar-refractivity contribution in [3.63, 3.8) is 0 Å². The molecule has 0 aromatic heterocycles. The standard InChI is InChI=1S/C26H23N3O5/c1-18-7-11-21(12-8-18)28-24(30)17-23(26(28)32)27(16-15-19-5-3-2-4-6-19)25(31)20-9-13-22(14-10-20)29(33)34/h2-14,23H,15-17H2,1H3. The highest BCUT2D eigenvalue weighted by molar-refractivity contribution is 6.23. The van der Waals surface area contributed by atoms with E-state index < -0.39 is 22.8 Å². The lowest BCUT2D eigenvalue weighted by Crippen LogP contribution is -2.46. The summed E-state index contributed by atoms with van der Waals surface area (Å²) in [5.74, 6) is -1.29. The number of anilines is 1. The van der Waals surface area contributed by atoms with Gasteiger partial charge >= 0.3 is 0 Å². The summed E-state index contributed by atoms with van der Waals surface area (Å²) in [6.07, 6.45) is 0.363. The molecular formula is C26H23N3O5. The van der Waals surface area contributed by atoms with E-state index in [1.165, 1.54) is 29.2 Å². The maximum absolute atomic E-state index is 13.4. The lowest BCUT2D eigenvalue weighted by Gasteiger charge is -2.28. The van der Waals surface area contributed by atoms with E-state index in [9.17, 15) is 24.5 Å². The first-order valence-electron chi connectivity index (χ1n) is 10.9. The molecule has 0 spiro atoms. The molecule has 34 heavy (non-hydrogen) atoms. The number of rotatable bonds is 7. The van der Waals surface area contributed by atoms with Crippen LogP contribution in [0.5, 0.6) is 0 Å². The first kappa shape index (κ1) is 22.8. The summed E-state index contributed by atoms with van der Waals surface area (Å²) in [4.78, 5) is 52.6. The molecule has 1 saturated heterocycles. The molecule has 1 unspecified atom stereocenters. The molecule has 1 aliphatic heterocycles. The molecule has 3 aromatic rings. The molecule has 0 aliphatic carbocycles. The number of benzene rings is 3. The summed E-state index contributed by atoms with van der Waals surface area (Å²) >= 11 is 0. The second kappa shape index (κ2) is 9.66. The number of hydrogen-bond donors (Lipinski definition) is 0. The molecular weight excluding hydrogens is 434 g/mol. The smallest absolute Gasteiger partial charge is 0.269 e. The van der Waals surface area contributed by atoms with Crippen LogP contribution in [0, 0.1) is 17.0 Å². The molecule has 1 aliphatic rings. The van der Waals surface area contributed by atoms with Crippen LogP contribution in [0.15, 0.2) is 78.9 Å². The molecule has 0 radical (unpaired) electrons. The van der Waals surface area contributed by atoms with Crippen LogP contribution in [0.25, 0.3) is 0 Å². The summed E-state index contributed by atoms with van der Waals surface area (Å²) in [6.45, 7) is 2.12. The number of nitrogens with zero attached hydrogens (tertiary/aromatic N) is 3. The predicted octanol–water partition coefficient (Wildman–Crippen LogP) is 3.92. The van der Waals surface area contributed by atoms with Gasteiger partial charge in [-0.3, -0.25) is 24.5 Å². The molecule has 8 heteroatoms. The second-order valence-electron chi connectivity index (χ2n) is 8.16. The van der Waals surface area contributed by atoms with Gasteiger partial charge in [-0.05, 0) is 43.2 Å². The van der Waals surface area contributed by atoms with Crippen LogP contribution >= 0.6 is 0 Å². The molecule has 8 nitrogen and oxygen atoms in total. The van der Waals surface area contributed by atoms with Gasteiger partial charge < -0.3 is 4.90 Å². The van der Waals surface area contributed by atoms with Crippen molar-refractivity contribution in [3.05, 3.63) is 106 Å². The zero-order chi connectivity index (χ0) is 24.2. The number of nitro benzene ring substituents is 1. The van der Waals surface area contributed by atoms with Gasteiger partial charge in [-0.1, -0.05) is 48.0 Å². The van der Waals surface area contributed by atoms with Crippen molar-refractivity contribution >= 4 is 29.1 Å². The average Bonchev–Trinajstić information content (AvgIpc) is 3.14. The molecule has 1 fully saturated rings. The molecule has 1 atom stereocenters. The SMILES string of the molecule is Cc1ccc(N2C(=O)CC(N(CCc3ccccc3)C(=O)c3ccc([N+](=O)[O-])cc3)C2=O)cc1. The Morgan fingerprint density at radius 3 is 2.26 bits per heavy atom. The normalized spacial score (nSPS) is 15.4. The van der Waals surface area contributed by atoms with E-state index in [1.54, 1.807) is 12.1 Å². The number of carbonyl (C=O) groups excluding carboxylic acids is 3. The van der Waals surface area contributed by atoms with Gasteiger partial charge in [0, 0.05) is 24.2 Å². The lowest BCUT2D eigenvalue weighted by atomic mass is 10.1. The Hall–Kier alpha value is -4.33. The van der Waals surface area contributed by atoms with Crippen LogP contribution < -0.4 is 4.90 Å². The fourth-order valence-corrected chi connectivity index (χ4v) is 4.01. The molecule has 3 aromatic carbocycles. The van der Waals surface area contributed by atoms with Crippen molar-refractivity contribution in [3.8, 4) is 0 Å². The number of nitro groups is 1. The summed E-state index contributed by atoms with van der Waals surface area (Å²) in [5, 5.41) is 11.0. The third-order valence-corrected chi connectivity index (χ3v) is 5.86. The first-order valence-corrected chi connectivity index (χ1v) is 10.9.